The number of rotatable bonds is 8. The van der Waals surface area contributed by atoms with Crippen LogP contribution >= 0.6 is 12.4 Å². The molecule has 2 aromatic carbocycles. The molecule has 0 saturated carbocycles. The van der Waals surface area contributed by atoms with Gasteiger partial charge in [0.25, 0.3) is 0 Å². The normalized spacial score (nSPS) is 11.3. The third-order valence-corrected chi connectivity index (χ3v) is 3.14. The molecule has 1 unspecified atom stereocenters. The summed E-state index contributed by atoms with van der Waals surface area (Å²) in [5, 5.41) is 13.3. The van der Waals surface area contributed by atoms with E-state index >= 15 is 0 Å². The predicted octanol–water partition coefficient (Wildman–Crippen LogP) is 3.50. The van der Waals surface area contributed by atoms with Gasteiger partial charge in [0, 0.05) is 13.1 Å². The first-order valence-electron chi connectivity index (χ1n) is 7.06. The highest BCUT2D eigenvalue weighted by Gasteiger charge is 2.05. The van der Waals surface area contributed by atoms with E-state index in [0.717, 1.165) is 16.9 Å². The van der Waals surface area contributed by atoms with E-state index in [1.54, 1.807) is 6.08 Å². The van der Waals surface area contributed by atoms with Gasteiger partial charge in [-0.15, -0.1) is 12.4 Å². The maximum atomic E-state index is 10.0. The minimum Gasteiger partial charge on any atom is -0.490 e. The zero-order valence-corrected chi connectivity index (χ0v) is 13.3. The number of benzene rings is 2. The van der Waals surface area contributed by atoms with Gasteiger partial charge in [-0.2, -0.15) is 0 Å². The molecule has 0 fully saturated rings. The van der Waals surface area contributed by atoms with Crippen LogP contribution in [0.5, 0.6) is 5.75 Å². The average Bonchev–Trinajstić information content (AvgIpc) is 2.55. The lowest BCUT2D eigenvalue weighted by Crippen LogP contribution is -2.20. The Morgan fingerprint density at radius 1 is 1.09 bits per heavy atom. The molecule has 1 atom stereocenters. The number of aliphatic hydroxyl groups excluding tert-OH is 1. The van der Waals surface area contributed by atoms with Gasteiger partial charge >= 0.3 is 0 Å². The molecule has 2 rings (SSSR count). The minimum atomic E-state index is -0.485. The molecular formula is C18H22ClNO2. The van der Waals surface area contributed by atoms with Crippen molar-refractivity contribution < 1.29 is 9.84 Å². The molecular weight excluding hydrogens is 298 g/mol. The molecule has 0 spiro atoms. The lowest BCUT2D eigenvalue weighted by atomic mass is 10.1. The molecule has 0 aliphatic carbocycles. The summed E-state index contributed by atoms with van der Waals surface area (Å²) in [6.07, 6.45) is 1.24. The van der Waals surface area contributed by atoms with Crippen LogP contribution in [0.25, 0.3) is 0 Å². The molecule has 2 aromatic rings. The SMILES string of the molecule is C=CCOc1ccc(CNCC(O)c2ccccc2)cc1.Cl. The highest BCUT2D eigenvalue weighted by Crippen LogP contribution is 2.13. The van der Waals surface area contributed by atoms with Crippen molar-refractivity contribution >= 4 is 12.4 Å². The van der Waals surface area contributed by atoms with Crippen molar-refractivity contribution in [2.45, 2.75) is 12.6 Å². The van der Waals surface area contributed by atoms with Crippen LogP contribution in [0.15, 0.2) is 67.3 Å². The van der Waals surface area contributed by atoms with Crippen LogP contribution < -0.4 is 10.1 Å². The van der Waals surface area contributed by atoms with Gasteiger partial charge in [-0.25, -0.2) is 0 Å². The summed E-state index contributed by atoms with van der Waals surface area (Å²) >= 11 is 0. The zero-order chi connectivity index (χ0) is 14.9. The van der Waals surface area contributed by atoms with Gasteiger partial charge in [0.15, 0.2) is 0 Å². The molecule has 3 nitrogen and oxygen atoms in total. The highest BCUT2D eigenvalue weighted by molar-refractivity contribution is 5.85. The van der Waals surface area contributed by atoms with E-state index in [2.05, 4.69) is 11.9 Å². The third-order valence-electron chi connectivity index (χ3n) is 3.14. The van der Waals surface area contributed by atoms with Crippen molar-refractivity contribution in [2.75, 3.05) is 13.2 Å². The molecule has 4 heteroatoms. The lowest BCUT2D eigenvalue weighted by Gasteiger charge is -2.12. The third kappa shape index (κ3) is 5.90. The summed E-state index contributed by atoms with van der Waals surface area (Å²) < 4.78 is 5.43. The van der Waals surface area contributed by atoms with Crippen molar-refractivity contribution in [3.8, 4) is 5.75 Å². The second kappa shape index (κ2) is 10.0. The van der Waals surface area contributed by atoms with Crippen molar-refractivity contribution in [1.29, 1.82) is 0 Å². The van der Waals surface area contributed by atoms with E-state index in [4.69, 9.17) is 4.74 Å². The van der Waals surface area contributed by atoms with E-state index in [1.807, 2.05) is 54.6 Å². The number of aliphatic hydroxyl groups is 1. The number of halogens is 1. The van der Waals surface area contributed by atoms with Crippen molar-refractivity contribution in [1.82, 2.24) is 5.32 Å². The first-order chi connectivity index (χ1) is 10.3. The quantitative estimate of drug-likeness (QED) is 0.732. The molecule has 0 amide bonds. The van der Waals surface area contributed by atoms with Crippen molar-refractivity contribution in [3.05, 3.63) is 78.4 Å². The molecule has 2 N–H and O–H groups in total. The second-order valence-corrected chi connectivity index (χ2v) is 4.80. The molecule has 0 radical (unpaired) electrons. The van der Waals surface area contributed by atoms with Gasteiger partial charge in [0.05, 0.1) is 6.10 Å². The average molecular weight is 320 g/mol. The number of ether oxygens (including phenoxy) is 1. The Bertz CT molecular complexity index is 543. The first-order valence-corrected chi connectivity index (χ1v) is 7.06. The van der Waals surface area contributed by atoms with Crippen LogP contribution in [0.2, 0.25) is 0 Å². The van der Waals surface area contributed by atoms with Gasteiger partial charge in [-0.05, 0) is 23.3 Å². The van der Waals surface area contributed by atoms with E-state index in [0.29, 0.717) is 19.7 Å². The fourth-order valence-corrected chi connectivity index (χ4v) is 2.00. The van der Waals surface area contributed by atoms with Crippen LogP contribution in [-0.4, -0.2) is 18.3 Å². The zero-order valence-electron chi connectivity index (χ0n) is 12.4. The fourth-order valence-electron chi connectivity index (χ4n) is 2.00. The van der Waals surface area contributed by atoms with Crippen LogP contribution in [0.3, 0.4) is 0 Å². The van der Waals surface area contributed by atoms with Gasteiger partial charge < -0.3 is 15.2 Å². The van der Waals surface area contributed by atoms with Crippen LogP contribution in [0.4, 0.5) is 0 Å². The maximum absolute atomic E-state index is 10.0. The minimum absolute atomic E-state index is 0. The molecule has 22 heavy (non-hydrogen) atoms. The van der Waals surface area contributed by atoms with Crippen LogP contribution in [0, 0.1) is 0 Å². The lowest BCUT2D eigenvalue weighted by molar-refractivity contribution is 0.174. The van der Waals surface area contributed by atoms with Crippen molar-refractivity contribution in [3.63, 3.8) is 0 Å². The van der Waals surface area contributed by atoms with Gasteiger partial charge in [0.2, 0.25) is 0 Å². The summed E-state index contributed by atoms with van der Waals surface area (Å²) in [4.78, 5) is 0. The van der Waals surface area contributed by atoms with E-state index in [9.17, 15) is 5.11 Å². The van der Waals surface area contributed by atoms with E-state index < -0.39 is 6.10 Å². The van der Waals surface area contributed by atoms with Crippen molar-refractivity contribution in [2.24, 2.45) is 0 Å². The number of nitrogens with one attached hydrogen (secondary N) is 1. The Balaban J connectivity index is 0.00000242. The first kappa shape index (κ1) is 18.2. The molecule has 0 aliphatic rings. The summed E-state index contributed by atoms with van der Waals surface area (Å²) in [6, 6.07) is 17.6. The van der Waals surface area contributed by atoms with Gasteiger partial charge in [0.1, 0.15) is 12.4 Å². The highest BCUT2D eigenvalue weighted by atomic mass is 35.5. The molecule has 0 bridgehead atoms. The number of hydrogen-bond acceptors (Lipinski definition) is 3. The largest absolute Gasteiger partial charge is 0.490 e. The Kier molecular flexibility index (Phi) is 8.30. The van der Waals surface area contributed by atoms with E-state index in [-0.39, 0.29) is 12.4 Å². The van der Waals surface area contributed by atoms with E-state index in [1.165, 1.54) is 0 Å². The fraction of sp³-hybridized carbons (Fsp3) is 0.222. The van der Waals surface area contributed by atoms with Gasteiger partial charge in [-0.3, -0.25) is 0 Å². The molecule has 0 aliphatic heterocycles. The predicted molar refractivity (Wildman–Crippen MR) is 92.5 cm³/mol. The Labute approximate surface area is 138 Å². The second-order valence-electron chi connectivity index (χ2n) is 4.80. The van der Waals surface area contributed by atoms with Gasteiger partial charge in [-0.1, -0.05) is 55.1 Å². The maximum Gasteiger partial charge on any atom is 0.119 e. The Morgan fingerprint density at radius 2 is 1.77 bits per heavy atom. The Morgan fingerprint density at radius 3 is 2.41 bits per heavy atom. The summed E-state index contributed by atoms with van der Waals surface area (Å²) in [7, 11) is 0. The topological polar surface area (TPSA) is 41.5 Å². The molecule has 0 heterocycles. The summed E-state index contributed by atoms with van der Waals surface area (Å²) in [5.41, 5.74) is 2.08. The molecule has 0 aromatic heterocycles. The molecule has 0 saturated heterocycles. The smallest absolute Gasteiger partial charge is 0.119 e. The van der Waals surface area contributed by atoms with Crippen LogP contribution in [-0.2, 0) is 6.54 Å². The van der Waals surface area contributed by atoms with Crippen LogP contribution in [0.1, 0.15) is 17.2 Å². The Hall–Kier alpha value is -1.81. The standard InChI is InChI=1S/C18H21NO2.ClH/c1-2-12-21-17-10-8-15(9-11-17)13-19-14-18(20)16-6-4-3-5-7-16;/h2-11,18-20H,1,12-14H2;1H. The summed E-state index contributed by atoms with van der Waals surface area (Å²) in [6.45, 7) is 5.37. The summed E-state index contributed by atoms with van der Waals surface area (Å²) in [5.74, 6) is 0.836. The molecule has 118 valence electrons. The number of hydrogen-bond donors (Lipinski definition) is 2. The monoisotopic (exact) mass is 319 g/mol.